The SMILES string of the molecule is CC(=O)O[C@@H]1C[C@H]2C[C@@H](N)C[C@H]1N2C. The second-order valence-corrected chi connectivity index (χ2v) is 4.50. The molecule has 2 saturated heterocycles. The zero-order valence-corrected chi connectivity index (χ0v) is 8.77. The first-order valence-electron chi connectivity index (χ1n) is 5.22. The zero-order valence-electron chi connectivity index (χ0n) is 8.77. The van der Waals surface area contributed by atoms with E-state index in [0.717, 1.165) is 19.3 Å². The Hall–Kier alpha value is -0.610. The molecule has 0 amide bonds. The van der Waals surface area contributed by atoms with Crippen molar-refractivity contribution in [2.45, 2.75) is 50.4 Å². The molecule has 2 heterocycles. The molecule has 4 atom stereocenters. The van der Waals surface area contributed by atoms with Crippen LogP contribution in [0.4, 0.5) is 0 Å². The van der Waals surface area contributed by atoms with E-state index in [2.05, 4.69) is 11.9 Å². The number of nitrogens with zero attached hydrogens (tertiary/aromatic N) is 1. The van der Waals surface area contributed by atoms with Crippen LogP contribution < -0.4 is 5.73 Å². The van der Waals surface area contributed by atoms with E-state index in [0.29, 0.717) is 12.1 Å². The smallest absolute Gasteiger partial charge is 0.302 e. The van der Waals surface area contributed by atoms with Crippen molar-refractivity contribution in [3.63, 3.8) is 0 Å². The summed E-state index contributed by atoms with van der Waals surface area (Å²) >= 11 is 0. The molecule has 2 aliphatic rings. The number of esters is 1. The Kier molecular flexibility index (Phi) is 2.49. The third kappa shape index (κ3) is 1.64. The normalized spacial score (nSPS) is 42.5. The molecule has 0 aromatic heterocycles. The van der Waals surface area contributed by atoms with Crippen LogP contribution in [0.15, 0.2) is 0 Å². The second-order valence-electron chi connectivity index (χ2n) is 4.50. The van der Waals surface area contributed by atoms with Gasteiger partial charge >= 0.3 is 5.97 Å². The first-order chi connectivity index (χ1) is 6.58. The average Bonchev–Trinajstić information content (AvgIpc) is 2.30. The lowest BCUT2D eigenvalue weighted by atomic mass is 9.99. The molecule has 14 heavy (non-hydrogen) atoms. The van der Waals surface area contributed by atoms with E-state index in [1.807, 2.05) is 0 Å². The number of carbonyl (C=O) groups is 1. The number of hydrogen-bond donors (Lipinski definition) is 1. The summed E-state index contributed by atoms with van der Waals surface area (Å²) < 4.78 is 5.31. The van der Waals surface area contributed by atoms with Crippen LogP contribution in [0, 0.1) is 0 Å². The van der Waals surface area contributed by atoms with Crippen LogP contribution in [0.2, 0.25) is 0 Å². The summed E-state index contributed by atoms with van der Waals surface area (Å²) in [6, 6.07) is 1.13. The fourth-order valence-corrected chi connectivity index (χ4v) is 2.80. The molecular weight excluding hydrogens is 180 g/mol. The maximum atomic E-state index is 10.9. The Morgan fingerprint density at radius 2 is 2.14 bits per heavy atom. The summed E-state index contributed by atoms with van der Waals surface area (Å²) in [5.41, 5.74) is 5.94. The molecule has 4 heteroatoms. The minimum atomic E-state index is -0.176. The number of likely N-dealkylation sites (N-methyl/N-ethyl adjacent to an activating group) is 1. The molecule has 0 aromatic rings. The molecule has 2 N–H and O–H groups in total. The first-order valence-corrected chi connectivity index (χ1v) is 5.22. The standard InChI is InChI=1S/C10H18N2O2/c1-6(13)14-10-5-8-3-7(11)4-9(10)12(8)2/h7-10H,3-5,11H2,1-2H3/t7-,8-,9-,10-/m1/s1. The molecule has 0 radical (unpaired) electrons. The van der Waals surface area contributed by atoms with Crippen LogP contribution in [0.25, 0.3) is 0 Å². The Bertz CT molecular complexity index is 244. The van der Waals surface area contributed by atoms with Gasteiger partial charge in [-0.3, -0.25) is 9.69 Å². The molecule has 80 valence electrons. The fourth-order valence-electron chi connectivity index (χ4n) is 2.80. The number of piperidine rings is 1. The van der Waals surface area contributed by atoms with Crippen LogP contribution in [0.1, 0.15) is 26.2 Å². The van der Waals surface area contributed by atoms with E-state index < -0.39 is 0 Å². The summed E-state index contributed by atoms with van der Waals surface area (Å²) in [7, 11) is 2.10. The summed E-state index contributed by atoms with van der Waals surface area (Å²) in [4.78, 5) is 13.2. The molecule has 0 unspecified atom stereocenters. The van der Waals surface area contributed by atoms with Gasteiger partial charge in [0, 0.05) is 31.5 Å². The van der Waals surface area contributed by atoms with Crippen LogP contribution in [-0.4, -0.2) is 42.1 Å². The number of nitrogens with two attached hydrogens (primary N) is 1. The van der Waals surface area contributed by atoms with Crippen molar-refractivity contribution >= 4 is 5.97 Å². The Labute approximate surface area is 84.4 Å². The van der Waals surface area contributed by atoms with Crippen molar-refractivity contribution in [3.05, 3.63) is 0 Å². The number of fused-ring (bicyclic) bond motifs is 2. The maximum absolute atomic E-state index is 10.9. The Morgan fingerprint density at radius 3 is 2.79 bits per heavy atom. The van der Waals surface area contributed by atoms with Gasteiger partial charge in [0.05, 0.1) is 0 Å². The quantitative estimate of drug-likeness (QED) is 0.608. The van der Waals surface area contributed by atoms with E-state index in [1.54, 1.807) is 0 Å². The highest BCUT2D eigenvalue weighted by Gasteiger charge is 2.45. The number of hydrogen-bond acceptors (Lipinski definition) is 4. The fraction of sp³-hybridized carbons (Fsp3) is 0.900. The van der Waals surface area contributed by atoms with Gasteiger partial charge in [-0.2, -0.15) is 0 Å². The molecular formula is C10H18N2O2. The molecule has 2 fully saturated rings. The van der Waals surface area contributed by atoms with E-state index in [-0.39, 0.29) is 18.1 Å². The second kappa shape index (κ2) is 3.51. The van der Waals surface area contributed by atoms with E-state index in [1.165, 1.54) is 6.92 Å². The van der Waals surface area contributed by atoms with E-state index >= 15 is 0 Å². The minimum Gasteiger partial charge on any atom is -0.461 e. The minimum absolute atomic E-state index is 0.0658. The van der Waals surface area contributed by atoms with Gasteiger partial charge in [-0.1, -0.05) is 0 Å². The number of ether oxygens (including phenoxy) is 1. The number of rotatable bonds is 1. The largest absolute Gasteiger partial charge is 0.461 e. The van der Waals surface area contributed by atoms with Gasteiger partial charge in [-0.25, -0.2) is 0 Å². The molecule has 0 spiro atoms. The van der Waals surface area contributed by atoms with E-state index in [9.17, 15) is 4.79 Å². The van der Waals surface area contributed by atoms with Crippen LogP contribution >= 0.6 is 0 Å². The summed E-state index contributed by atoms with van der Waals surface area (Å²) in [5, 5.41) is 0. The van der Waals surface area contributed by atoms with Crippen LogP contribution in [-0.2, 0) is 9.53 Å². The lowest BCUT2D eigenvalue weighted by molar-refractivity contribution is -0.147. The van der Waals surface area contributed by atoms with Gasteiger partial charge in [0.2, 0.25) is 0 Å². The van der Waals surface area contributed by atoms with Crippen molar-refractivity contribution in [3.8, 4) is 0 Å². The molecule has 2 rings (SSSR count). The lowest BCUT2D eigenvalue weighted by Crippen LogP contribution is -2.47. The Morgan fingerprint density at radius 1 is 1.43 bits per heavy atom. The molecule has 0 aliphatic carbocycles. The van der Waals surface area contributed by atoms with Crippen molar-refractivity contribution in [2.24, 2.45) is 5.73 Å². The predicted octanol–water partition coefficient (Wildman–Crippen LogP) is 0.112. The highest BCUT2D eigenvalue weighted by molar-refractivity contribution is 5.66. The summed E-state index contributed by atoms with van der Waals surface area (Å²) in [6.45, 7) is 1.47. The van der Waals surface area contributed by atoms with Crippen LogP contribution in [0.3, 0.4) is 0 Å². The molecule has 0 saturated carbocycles. The van der Waals surface area contributed by atoms with Gasteiger partial charge < -0.3 is 10.5 Å². The number of carbonyl (C=O) groups excluding carboxylic acids is 1. The maximum Gasteiger partial charge on any atom is 0.302 e. The third-order valence-corrected chi connectivity index (χ3v) is 3.47. The predicted molar refractivity (Wildman–Crippen MR) is 52.7 cm³/mol. The third-order valence-electron chi connectivity index (χ3n) is 3.47. The van der Waals surface area contributed by atoms with Gasteiger partial charge in [-0.05, 0) is 19.9 Å². The van der Waals surface area contributed by atoms with E-state index in [4.69, 9.17) is 10.5 Å². The average molecular weight is 198 g/mol. The van der Waals surface area contributed by atoms with Gasteiger partial charge in [-0.15, -0.1) is 0 Å². The van der Waals surface area contributed by atoms with Crippen molar-refractivity contribution in [1.29, 1.82) is 0 Å². The molecule has 0 aromatic carbocycles. The Balaban J connectivity index is 2.05. The van der Waals surface area contributed by atoms with Gasteiger partial charge in [0.15, 0.2) is 0 Å². The van der Waals surface area contributed by atoms with Crippen molar-refractivity contribution in [2.75, 3.05) is 7.05 Å². The summed E-state index contributed by atoms with van der Waals surface area (Å²) in [6.07, 6.45) is 3.00. The van der Waals surface area contributed by atoms with Crippen molar-refractivity contribution in [1.82, 2.24) is 4.90 Å². The first kappa shape index (κ1) is 9.93. The van der Waals surface area contributed by atoms with Crippen molar-refractivity contribution < 1.29 is 9.53 Å². The van der Waals surface area contributed by atoms with Crippen LogP contribution in [0.5, 0.6) is 0 Å². The highest BCUT2D eigenvalue weighted by Crippen LogP contribution is 2.35. The zero-order chi connectivity index (χ0) is 10.3. The molecule has 2 bridgehead atoms. The molecule has 4 nitrogen and oxygen atoms in total. The lowest BCUT2D eigenvalue weighted by Gasteiger charge is -2.35. The topological polar surface area (TPSA) is 55.6 Å². The molecule has 2 aliphatic heterocycles. The highest BCUT2D eigenvalue weighted by atomic mass is 16.5. The van der Waals surface area contributed by atoms with Gasteiger partial charge in [0.1, 0.15) is 6.10 Å². The monoisotopic (exact) mass is 198 g/mol. The van der Waals surface area contributed by atoms with Gasteiger partial charge in [0.25, 0.3) is 0 Å². The summed E-state index contributed by atoms with van der Waals surface area (Å²) in [5.74, 6) is -0.176.